The molecule has 0 spiro atoms. The fourth-order valence-electron chi connectivity index (χ4n) is 3.77. The first-order valence-electron chi connectivity index (χ1n) is 10.6. The zero-order chi connectivity index (χ0) is 23.4. The Morgan fingerprint density at radius 1 is 1.09 bits per heavy atom. The molecule has 3 aromatic rings. The molecular weight excluding hydrogens is 442 g/mol. The number of piperazine rings is 1. The van der Waals surface area contributed by atoms with E-state index in [1.807, 2.05) is 24.3 Å². The average Bonchev–Trinajstić information content (AvgIpc) is 2.85. The number of hydrogen-bond donors (Lipinski definition) is 2. The predicted molar refractivity (Wildman–Crippen MR) is 127 cm³/mol. The molecule has 0 atom stereocenters. The summed E-state index contributed by atoms with van der Waals surface area (Å²) < 4.78 is 0. The van der Waals surface area contributed by atoms with Crippen molar-refractivity contribution in [2.75, 3.05) is 43.0 Å². The van der Waals surface area contributed by atoms with E-state index in [1.165, 1.54) is 0 Å². The molecule has 0 aliphatic carbocycles. The van der Waals surface area contributed by atoms with Crippen molar-refractivity contribution in [1.29, 1.82) is 0 Å². The van der Waals surface area contributed by atoms with Gasteiger partial charge in [0.15, 0.2) is 0 Å². The summed E-state index contributed by atoms with van der Waals surface area (Å²) in [7, 11) is 0. The van der Waals surface area contributed by atoms with Gasteiger partial charge in [0.25, 0.3) is 5.91 Å². The molecule has 2 amide bonds. The highest BCUT2D eigenvalue weighted by Crippen LogP contribution is 2.29. The van der Waals surface area contributed by atoms with Gasteiger partial charge < -0.3 is 20.2 Å². The molecule has 170 valence electrons. The summed E-state index contributed by atoms with van der Waals surface area (Å²) in [6.07, 6.45) is 1.69. The average molecular weight is 466 g/mol. The van der Waals surface area contributed by atoms with Crippen molar-refractivity contribution in [2.45, 2.75) is 6.92 Å². The van der Waals surface area contributed by atoms with Crippen molar-refractivity contribution >= 4 is 34.9 Å². The molecule has 9 heteroatoms. The van der Waals surface area contributed by atoms with Gasteiger partial charge in [-0.05, 0) is 49.4 Å². The number of aromatic nitrogens is 2. The van der Waals surface area contributed by atoms with Crippen LogP contribution in [0.15, 0.2) is 54.7 Å². The number of anilines is 2. The monoisotopic (exact) mass is 465 g/mol. The molecule has 3 heterocycles. The molecule has 1 saturated heterocycles. The number of halogens is 1. The van der Waals surface area contributed by atoms with Crippen LogP contribution in [0.25, 0.3) is 11.3 Å². The SMILES string of the molecule is Cc1nc(N2CCN(C(=O)CO)CC2)ccc1C(=O)Nc1ccc(Cl)c(-c2ccccn2)c1. The lowest BCUT2D eigenvalue weighted by Crippen LogP contribution is -2.49. The van der Waals surface area contributed by atoms with Gasteiger partial charge in [-0.25, -0.2) is 4.98 Å². The standard InChI is InChI=1S/C24H24ClN5O3/c1-16-18(6-8-22(27-16)29-10-12-30(13-11-29)23(32)15-31)24(33)28-17-5-7-20(25)19(14-17)21-4-2-3-9-26-21/h2-9,14,31H,10-13,15H2,1H3,(H,28,33). The highest BCUT2D eigenvalue weighted by Gasteiger charge is 2.22. The Labute approximate surface area is 196 Å². The third kappa shape index (κ3) is 5.13. The van der Waals surface area contributed by atoms with Gasteiger partial charge in [-0.15, -0.1) is 0 Å². The van der Waals surface area contributed by atoms with Gasteiger partial charge >= 0.3 is 0 Å². The molecule has 8 nitrogen and oxygen atoms in total. The zero-order valence-corrected chi connectivity index (χ0v) is 18.9. The number of hydrogen-bond acceptors (Lipinski definition) is 6. The molecule has 2 N–H and O–H groups in total. The first-order valence-corrected chi connectivity index (χ1v) is 11.0. The van der Waals surface area contributed by atoms with E-state index in [-0.39, 0.29) is 11.8 Å². The van der Waals surface area contributed by atoms with E-state index < -0.39 is 6.61 Å². The van der Waals surface area contributed by atoms with Crippen molar-refractivity contribution in [3.05, 3.63) is 71.0 Å². The molecule has 1 aliphatic heterocycles. The molecular formula is C24H24ClN5O3. The van der Waals surface area contributed by atoms with Crippen LogP contribution in [0.2, 0.25) is 5.02 Å². The van der Waals surface area contributed by atoms with Gasteiger partial charge in [0.2, 0.25) is 5.91 Å². The lowest BCUT2D eigenvalue weighted by molar-refractivity contribution is -0.134. The molecule has 2 aromatic heterocycles. The fraction of sp³-hybridized carbons (Fsp3) is 0.250. The van der Waals surface area contributed by atoms with Crippen molar-refractivity contribution in [2.24, 2.45) is 0 Å². The van der Waals surface area contributed by atoms with E-state index in [1.54, 1.807) is 42.3 Å². The summed E-state index contributed by atoms with van der Waals surface area (Å²) in [4.78, 5) is 37.2. The molecule has 1 aromatic carbocycles. The topological polar surface area (TPSA) is 98.7 Å². The van der Waals surface area contributed by atoms with E-state index in [0.29, 0.717) is 48.1 Å². The predicted octanol–water partition coefficient (Wildman–Crippen LogP) is 3.00. The maximum atomic E-state index is 12.9. The number of aliphatic hydroxyl groups is 1. The van der Waals surface area contributed by atoms with Crippen LogP contribution in [0.5, 0.6) is 0 Å². The highest BCUT2D eigenvalue weighted by molar-refractivity contribution is 6.33. The van der Waals surface area contributed by atoms with E-state index in [4.69, 9.17) is 16.7 Å². The number of pyridine rings is 2. The van der Waals surface area contributed by atoms with Crippen molar-refractivity contribution in [3.63, 3.8) is 0 Å². The molecule has 0 bridgehead atoms. The summed E-state index contributed by atoms with van der Waals surface area (Å²) in [5, 5.41) is 12.5. The minimum Gasteiger partial charge on any atom is -0.387 e. The number of aliphatic hydroxyl groups excluding tert-OH is 1. The van der Waals surface area contributed by atoms with Gasteiger partial charge in [0.05, 0.1) is 22.0 Å². The second kappa shape index (κ2) is 9.97. The van der Waals surface area contributed by atoms with Gasteiger partial charge in [-0.1, -0.05) is 17.7 Å². The van der Waals surface area contributed by atoms with Gasteiger partial charge in [0, 0.05) is 43.6 Å². The lowest BCUT2D eigenvalue weighted by atomic mass is 10.1. The quantitative estimate of drug-likeness (QED) is 0.601. The number of rotatable bonds is 5. The molecule has 0 unspecified atom stereocenters. The summed E-state index contributed by atoms with van der Waals surface area (Å²) in [6.45, 7) is 3.61. The second-order valence-corrected chi connectivity index (χ2v) is 8.10. The van der Waals surface area contributed by atoms with E-state index in [9.17, 15) is 9.59 Å². The van der Waals surface area contributed by atoms with Gasteiger partial charge in [-0.2, -0.15) is 0 Å². The van der Waals surface area contributed by atoms with E-state index >= 15 is 0 Å². The number of carbonyl (C=O) groups excluding carboxylic acids is 2. The van der Waals surface area contributed by atoms with Crippen LogP contribution >= 0.6 is 11.6 Å². The van der Waals surface area contributed by atoms with E-state index in [0.717, 1.165) is 17.1 Å². The minimum absolute atomic E-state index is 0.265. The molecule has 0 saturated carbocycles. The molecule has 33 heavy (non-hydrogen) atoms. The molecule has 1 aliphatic rings. The number of nitrogens with zero attached hydrogens (tertiary/aromatic N) is 4. The summed E-state index contributed by atoms with van der Waals surface area (Å²) >= 11 is 6.33. The molecule has 0 radical (unpaired) electrons. The number of nitrogens with one attached hydrogen (secondary N) is 1. The maximum Gasteiger partial charge on any atom is 0.257 e. The molecule has 1 fully saturated rings. The van der Waals surface area contributed by atoms with Crippen LogP contribution in [-0.2, 0) is 4.79 Å². The first kappa shape index (κ1) is 22.7. The third-order valence-electron chi connectivity index (χ3n) is 5.57. The Morgan fingerprint density at radius 3 is 2.55 bits per heavy atom. The van der Waals surface area contributed by atoms with E-state index in [2.05, 4.69) is 20.2 Å². The Bertz CT molecular complexity index is 1160. The Balaban J connectivity index is 1.46. The largest absolute Gasteiger partial charge is 0.387 e. The smallest absolute Gasteiger partial charge is 0.257 e. The second-order valence-electron chi connectivity index (χ2n) is 7.69. The third-order valence-corrected chi connectivity index (χ3v) is 5.90. The summed E-state index contributed by atoms with van der Waals surface area (Å²) in [6, 6.07) is 14.4. The van der Waals surface area contributed by atoms with Crippen molar-refractivity contribution in [3.8, 4) is 11.3 Å². The number of aryl methyl sites for hydroxylation is 1. The Morgan fingerprint density at radius 2 is 1.88 bits per heavy atom. The lowest BCUT2D eigenvalue weighted by Gasteiger charge is -2.35. The Hall–Kier alpha value is -3.49. The Kier molecular flexibility index (Phi) is 6.86. The summed E-state index contributed by atoms with van der Waals surface area (Å²) in [5.41, 5.74) is 3.15. The molecule has 4 rings (SSSR count). The first-order chi connectivity index (χ1) is 16.0. The van der Waals surface area contributed by atoms with Crippen LogP contribution in [-0.4, -0.2) is 64.6 Å². The number of carbonyl (C=O) groups is 2. The van der Waals surface area contributed by atoms with Crippen molar-refractivity contribution < 1.29 is 14.7 Å². The van der Waals surface area contributed by atoms with Crippen LogP contribution in [0.3, 0.4) is 0 Å². The fourth-order valence-corrected chi connectivity index (χ4v) is 3.98. The van der Waals surface area contributed by atoms with Crippen LogP contribution in [0.4, 0.5) is 11.5 Å². The van der Waals surface area contributed by atoms with Crippen molar-refractivity contribution in [1.82, 2.24) is 14.9 Å². The van der Waals surface area contributed by atoms with Gasteiger partial charge in [0.1, 0.15) is 12.4 Å². The summed E-state index contributed by atoms with van der Waals surface area (Å²) in [5.74, 6) is 0.225. The number of amides is 2. The number of benzene rings is 1. The highest BCUT2D eigenvalue weighted by atomic mass is 35.5. The van der Waals surface area contributed by atoms with Crippen LogP contribution < -0.4 is 10.2 Å². The normalized spacial score (nSPS) is 13.7. The van der Waals surface area contributed by atoms with Gasteiger partial charge in [-0.3, -0.25) is 14.6 Å². The van der Waals surface area contributed by atoms with Crippen LogP contribution in [0.1, 0.15) is 16.1 Å². The zero-order valence-electron chi connectivity index (χ0n) is 18.2. The maximum absolute atomic E-state index is 12.9. The van der Waals surface area contributed by atoms with Crippen LogP contribution in [0, 0.1) is 6.92 Å². The minimum atomic E-state index is -0.474.